The highest BCUT2D eigenvalue weighted by atomic mass is 32.2. The van der Waals surface area contributed by atoms with Crippen molar-refractivity contribution in [3.63, 3.8) is 0 Å². The second-order valence-electron chi connectivity index (χ2n) is 2.80. The molecule has 0 saturated heterocycles. The number of halogens is 2. The Morgan fingerprint density at radius 2 is 2.06 bits per heavy atom. The third kappa shape index (κ3) is 2.19. The van der Waals surface area contributed by atoms with Crippen LogP contribution in [-0.2, 0) is 10.0 Å². The number of aromatic nitrogens is 1. The molecule has 0 aliphatic carbocycles. The molecule has 0 bridgehead atoms. The molecule has 0 saturated carbocycles. The van der Waals surface area contributed by atoms with Crippen molar-refractivity contribution in [2.75, 3.05) is 12.8 Å². The zero-order chi connectivity index (χ0) is 12.5. The number of nitrogens with zero attached hydrogens (tertiary/aromatic N) is 1. The minimum absolute atomic E-state index is 0.329. The number of rotatable bonds is 3. The molecule has 0 aliphatic rings. The summed E-state index contributed by atoms with van der Waals surface area (Å²) in [7, 11) is -3.23. The lowest BCUT2D eigenvalue weighted by Gasteiger charge is -2.12. The number of anilines is 1. The summed E-state index contributed by atoms with van der Waals surface area (Å²) in [6.45, 7) is 0. The summed E-state index contributed by atoms with van der Waals surface area (Å²) in [5, 5.41) is 4.77. The number of methoxy groups -OCH3 is 1. The number of primary sulfonamides is 1. The number of ether oxygens (including phenoxy) is 1. The standard InChI is InChI=1S/C7H9F2N3O3S/c1-15-5-4(6(8)9)3(16(11,13)14)2-12-7(5)10/h2,6H,1H3,(H2,10,12)(H2,11,13,14). The van der Waals surface area contributed by atoms with Gasteiger partial charge in [-0.15, -0.1) is 0 Å². The molecule has 0 fully saturated rings. The van der Waals surface area contributed by atoms with E-state index in [1.165, 1.54) is 0 Å². The normalized spacial score (nSPS) is 11.8. The molecule has 0 aromatic carbocycles. The highest BCUT2D eigenvalue weighted by Crippen LogP contribution is 2.36. The number of alkyl halides is 2. The molecule has 4 N–H and O–H groups in total. The van der Waals surface area contributed by atoms with Crippen molar-refractivity contribution in [3.05, 3.63) is 11.8 Å². The Bertz CT molecular complexity index is 504. The fraction of sp³-hybridized carbons (Fsp3) is 0.286. The SMILES string of the molecule is COc1c(N)ncc(S(N)(=O)=O)c1C(F)F. The number of hydrogen-bond acceptors (Lipinski definition) is 5. The van der Waals surface area contributed by atoms with Gasteiger partial charge in [0, 0.05) is 0 Å². The predicted octanol–water partition coefficient (Wildman–Crippen LogP) is 0.257. The van der Waals surface area contributed by atoms with Gasteiger partial charge in [-0.25, -0.2) is 27.3 Å². The molecule has 1 heterocycles. The summed E-state index contributed by atoms with van der Waals surface area (Å²) in [4.78, 5) is 2.62. The van der Waals surface area contributed by atoms with E-state index in [2.05, 4.69) is 9.72 Å². The van der Waals surface area contributed by atoms with Crippen LogP contribution in [0.4, 0.5) is 14.6 Å². The van der Waals surface area contributed by atoms with Crippen molar-refractivity contribution >= 4 is 15.8 Å². The molecule has 1 rings (SSSR count). The Balaban J connectivity index is 3.65. The van der Waals surface area contributed by atoms with Gasteiger partial charge in [-0.3, -0.25) is 0 Å². The Kier molecular flexibility index (Phi) is 3.29. The summed E-state index contributed by atoms with van der Waals surface area (Å²) in [6.07, 6.45) is -2.41. The van der Waals surface area contributed by atoms with Crippen LogP contribution in [0.1, 0.15) is 12.0 Å². The van der Waals surface area contributed by atoms with Gasteiger partial charge in [0.2, 0.25) is 10.0 Å². The maximum Gasteiger partial charge on any atom is 0.268 e. The first-order chi connectivity index (χ1) is 7.29. The minimum Gasteiger partial charge on any atom is -0.492 e. The quantitative estimate of drug-likeness (QED) is 0.803. The summed E-state index contributed by atoms with van der Waals surface area (Å²) >= 11 is 0. The highest BCUT2D eigenvalue weighted by molar-refractivity contribution is 7.89. The average molecular weight is 253 g/mol. The second-order valence-corrected chi connectivity index (χ2v) is 4.33. The van der Waals surface area contributed by atoms with Gasteiger partial charge >= 0.3 is 0 Å². The van der Waals surface area contributed by atoms with Crippen LogP contribution in [-0.4, -0.2) is 20.5 Å². The predicted molar refractivity (Wildman–Crippen MR) is 51.5 cm³/mol. The van der Waals surface area contributed by atoms with E-state index in [4.69, 9.17) is 10.9 Å². The third-order valence-electron chi connectivity index (χ3n) is 1.79. The van der Waals surface area contributed by atoms with Crippen molar-refractivity contribution in [1.82, 2.24) is 4.98 Å². The molecule has 0 aliphatic heterocycles. The topological polar surface area (TPSA) is 108 Å². The van der Waals surface area contributed by atoms with E-state index in [-0.39, 0.29) is 5.82 Å². The maximum absolute atomic E-state index is 12.7. The maximum atomic E-state index is 12.7. The molecule has 16 heavy (non-hydrogen) atoms. The number of nitrogens with two attached hydrogens (primary N) is 2. The monoisotopic (exact) mass is 253 g/mol. The number of sulfonamides is 1. The molecule has 90 valence electrons. The van der Waals surface area contributed by atoms with Crippen LogP contribution in [0.5, 0.6) is 5.75 Å². The molecule has 0 amide bonds. The van der Waals surface area contributed by atoms with Gasteiger partial charge in [-0.2, -0.15) is 0 Å². The lowest BCUT2D eigenvalue weighted by Crippen LogP contribution is -2.16. The number of nitrogen functional groups attached to an aromatic ring is 1. The van der Waals surface area contributed by atoms with E-state index in [0.717, 1.165) is 7.11 Å². The van der Waals surface area contributed by atoms with Crippen LogP contribution in [0.3, 0.4) is 0 Å². The van der Waals surface area contributed by atoms with Gasteiger partial charge in [0.1, 0.15) is 4.90 Å². The Morgan fingerprint density at radius 3 is 2.44 bits per heavy atom. The first-order valence-electron chi connectivity index (χ1n) is 3.92. The third-order valence-corrected chi connectivity index (χ3v) is 2.73. The molecule has 0 radical (unpaired) electrons. The fourth-order valence-electron chi connectivity index (χ4n) is 1.15. The molecular weight excluding hydrogens is 244 g/mol. The van der Waals surface area contributed by atoms with Gasteiger partial charge in [-0.1, -0.05) is 0 Å². The summed E-state index contributed by atoms with van der Waals surface area (Å²) < 4.78 is 52.1. The van der Waals surface area contributed by atoms with Crippen LogP contribution in [0.2, 0.25) is 0 Å². The van der Waals surface area contributed by atoms with E-state index in [1.807, 2.05) is 0 Å². The van der Waals surface area contributed by atoms with Crippen LogP contribution in [0.25, 0.3) is 0 Å². The molecule has 1 aromatic heterocycles. The van der Waals surface area contributed by atoms with Gasteiger partial charge in [0.25, 0.3) is 6.43 Å². The molecule has 0 unspecified atom stereocenters. The summed E-state index contributed by atoms with van der Waals surface area (Å²) in [5.74, 6) is -0.813. The summed E-state index contributed by atoms with van der Waals surface area (Å²) in [6, 6.07) is 0. The Hall–Kier alpha value is -1.48. The van der Waals surface area contributed by atoms with Crippen LogP contribution < -0.4 is 15.6 Å². The van der Waals surface area contributed by atoms with Crippen molar-refractivity contribution in [2.45, 2.75) is 11.3 Å². The zero-order valence-electron chi connectivity index (χ0n) is 8.15. The fourth-order valence-corrected chi connectivity index (χ4v) is 1.84. The average Bonchev–Trinajstić information content (AvgIpc) is 2.14. The van der Waals surface area contributed by atoms with Crippen molar-refractivity contribution in [1.29, 1.82) is 0 Å². The van der Waals surface area contributed by atoms with Crippen molar-refractivity contribution in [3.8, 4) is 5.75 Å². The molecule has 0 atom stereocenters. The number of hydrogen-bond donors (Lipinski definition) is 2. The second kappa shape index (κ2) is 4.18. The lowest BCUT2D eigenvalue weighted by atomic mass is 10.2. The Labute approximate surface area is 90.3 Å². The van der Waals surface area contributed by atoms with Crippen LogP contribution >= 0.6 is 0 Å². The van der Waals surface area contributed by atoms with Gasteiger partial charge in [0.15, 0.2) is 11.6 Å². The lowest BCUT2D eigenvalue weighted by molar-refractivity contribution is 0.143. The smallest absolute Gasteiger partial charge is 0.268 e. The van der Waals surface area contributed by atoms with Crippen molar-refractivity contribution < 1.29 is 21.9 Å². The van der Waals surface area contributed by atoms with Crippen molar-refractivity contribution in [2.24, 2.45) is 5.14 Å². The van der Waals surface area contributed by atoms with Gasteiger partial charge < -0.3 is 10.5 Å². The Morgan fingerprint density at radius 1 is 1.50 bits per heavy atom. The first-order valence-corrected chi connectivity index (χ1v) is 5.47. The van der Waals surface area contributed by atoms with Gasteiger partial charge in [-0.05, 0) is 0 Å². The molecule has 1 aromatic rings. The zero-order valence-corrected chi connectivity index (χ0v) is 8.96. The number of pyridine rings is 1. The first kappa shape index (κ1) is 12.6. The molecule has 6 nitrogen and oxygen atoms in total. The van der Waals surface area contributed by atoms with E-state index in [0.29, 0.717) is 6.20 Å². The molecule has 9 heteroatoms. The van der Waals surface area contributed by atoms with E-state index >= 15 is 0 Å². The van der Waals surface area contributed by atoms with E-state index in [9.17, 15) is 17.2 Å². The van der Waals surface area contributed by atoms with Crippen LogP contribution in [0, 0.1) is 0 Å². The summed E-state index contributed by atoms with van der Waals surface area (Å²) in [5.41, 5.74) is 4.40. The minimum atomic E-state index is -4.31. The molecular formula is C7H9F2N3O3S. The highest BCUT2D eigenvalue weighted by Gasteiger charge is 2.27. The molecule has 0 spiro atoms. The van der Waals surface area contributed by atoms with E-state index in [1.54, 1.807) is 0 Å². The van der Waals surface area contributed by atoms with Gasteiger partial charge in [0.05, 0.1) is 18.9 Å². The largest absolute Gasteiger partial charge is 0.492 e. The van der Waals surface area contributed by atoms with E-state index < -0.39 is 32.7 Å². The van der Waals surface area contributed by atoms with Crippen LogP contribution in [0.15, 0.2) is 11.1 Å².